The lowest BCUT2D eigenvalue weighted by Gasteiger charge is -2.08. The largest absolute Gasteiger partial charge is 0.416 e. The van der Waals surface area contributed by atoms with E-state index in [0.717, 1.165) is 12.1 Å². The van der Waals surface area contributed by atoms with Crippen LogP contribution < -0.4 is 0 Å². The smallest absolute Gasteiger partial charge is 0.294 e. The highest BCUT2D eigenvalue weighted by molar-refractivity contribution is 6.30. The van der Waals surface area contributed by atoms with Crippen molar-refractivity contribution in [2.24, 2.45) is 0 Å². The molecule has 0 bridgehead atoms. The molecule has 0 saturated carbocycles. The van der Waals surface area contributed by atoms with Gasteiger partial charge in [-0.3, -0.25) is 4.79 Å². The molecule has 0 radical (unpaired) electrons. The predicted molar refractivity (Wildman–Crippen MR) is 70.9 cm³/mol. The summed E-state index contributed by atoms with van der Waals surface area (Å²) >= 11 is 5.73. The molecular formula is C15H10ClF3O. The van der Waals surface area contributed by atoms with Crippen molar-refractivity contribution in [1.82, 2.24) is 0 Å². The van der Waals surface area contributed by atoms with E-state index in [-0.39, 0.29) is 17.8 Å². The molecule has 2 aromatic rings. The van der Waals surface area contributed by atoms with E-state index in [0.29, 0.717) is 10.6 Å². The summed E-state index contributed by atoms with van der Waals surface area (Å²) in [6.07, 6.45) is -4.41. The Kier molecular flexibility index (Phi) is 4.14. The van der Waals surface area contributed by atoms with Crippen LogP contribution in [0.15, 0.2) is 48.5 Å². The van der Waals surface area contributed by atoms with E-state index in [4.69, 9.17) is 11.6 Å². The van der Waals surface area contributed by atoms with E-state index >= 15 is 0 Å². The molecule has 5 heteroatoms. The van der Waals surface area contributed by atoms with Crippen molar-refractivity contribution in [1.29, 1.82) is 0 Å². The van der Waals surface area contributed by atoms with Crippen LogP contribution >= 0.6 is 11.6 Å². The van der Waals surface area contributed by atoms with Crippen LogP contribution in [0, 0.1) is 0 Å². The number of ketones is 1. The molecule has 104 valence electrons. The van der Waals surface area contributed by atoms with E-state index < -0.39 is 11.7 Å². The molecule has 2 rings (SSSR count). The van der Waals surface area contributed by atoms with Gasteiger partial charge in [-0.05, 0) is 29.8 Å². The van der Waals surface area contributed by atoms with Crippen LogP contribution in [-0.4, -0.2) is 5.78 Å². The SMILES string of the molecule is O=C(Cc1ccc(Cl)cc1)c1cccc(C(F)(F)F)c1. The van der Waals surface area contributed by atoms with E-state index in [2.05, 4.69) is 0 Å². The molecule has 0 aliphatic rings. The van der Waals surface area contributed by atoms with Crippen LogP contribution in [0.25, 0.3) is 0 Å². The second kappa shape index (κ2) is 5.67. The van der Waals surface area contributed by atoms with Crippen LogP contribution in [0.1, 0.15) is 21.5 Å². The first-order valence-electron chi connectivity index (χ1n) is 5.81. The standard InChI is InChI=1S/C15H10ClF3O/c16-13-6-4-10(5-7-13)8-14(20)11-2-1-3-12(9-11)15(17,18)19/h1-7,9H,8H2. The maximum Gasteiger partial charge on any atom is 0.416 e. The number of alkyl halides is 3. The van der Waals surface area contributed by atoms with Crippen molar-refractivity contribution in [2.75, 3.05) is 0 Å². The molecule has 0 aromatic heterocycles. The van der Waals surface area contributed by atoms with Crippen LogP contribution in [0.2, 0.25) is 5.02 Å². The predicted octanol–water partition coefficient (Wildman–Crippen LogP) is 4.78. The van der Waals surface area contributed by atoms with Crippen LogP contribution in [0.4, 0.5) is 13.2 Å². The Bertz CT molecular complexity index is 618. The molecule has 0 unspecified atom stereocenters. The number of carbonyl (C=O) groups is 1. The molecular weight excluding hydrogens is 289 g/mol. The van der Waals surface area contributed by atoms with Gasteiger partial charge in [0.05, 0.1) is 5.56 Å². The van der Waals surface area contributed by atoms with Gasteiger partial charge in [-0.15, -0.1) is 0 Å². The van der Waals surface area contributed by atoms with Crippen molar-refractivity contribution in [2.45, 2.75) is 12.6 Å². The van der Waals surface area contributed by atoms with Crippen molar-refractivity contribution in [3.63, 3.8) is 0 Å². The summed E-state index contributed by atoms with van der Waals surface area (Å²) in [4.78, 5) is 12.0. The summed E-state index contributed by atoms with van der Waals surface area (Å²) in [7, 11) is 0. The van der Waals surface area contributed by atoms with Crippen molar-refractivity contribution < 1.29 is 18.0 Å². The molecule has 0 heterocycles. The van der Waals surface area contributed by atoms with E-state index in [1.807, 2.05) is 0 Å². The second-order valence-electron chi connectivity index (χ2n) is 4.30. The number of Topliss-reactive ketones (excluding diaryl/α,β-unsaturated/α-hetero) is 1. The van der Waals surface area contributed by atoms with E-state index in [1.54, 1.807) is 24.3 Å². The number of rotatable bonds is 3. The van der Waals surface area contributed by atoms with Gasteiger partial charge in [0.1, 0.15) is 0 Å². The molecule has 0 aliphatic heterocycles. The van der Waals surface area contributed by atoms with Gasteiger partial charge in [-0.25, -0.2) is 0 Å². The molecule has 2 aromatic carbocycles. The average Bonchev–Trinajstić information content (AvgIpc) is 2.40. The summed E-state index contributed by atoms with van der Waals surface area (Å²) in [5, 5.41) is 0.542. The molecule has 20 heavy (non-hydrogen) atoms. The maximum absolute atomic E-state index is 12.6. The monoisotopic (exact) mass is 298 g/mol. The lowest BCUT2D eigenvalue weighted by Crippen LogP contribution is -2.08. The molecule has 0 atom stereocenters. The summed E-state index contributed by atoms with van der Waals surface area (Å²) in [6, 6.07) is 11.1. The number of halogens is 4. The number of benzene rings is 2. The average molecular weight is 299 g/mol. The highest BCUT2D eigenvalue weighted by Gasteiger charge is 2.30. The quantitative estimate of drug-likeness (QED) is 0.745. The van der Waals surface area contributed by atoms with E-state index in [1.165, 1.54) is 12.1 Å². The Labute approximate surface area is 119 Å². The zero-order valence-corrected chi connectivity index (χ0v) is 11.0. The topological polar surface area (TPSA) is 17.1 Å². The van der Waals surface area contributed by atoms with Gasteiger partial charge in [-0.2, -0.15) is 13.2 Å². The molecule has 0 saturated heterocycles. The third-order valence-electron chi connectivity index (χ3n) is 2.79. The lowest BCUT2D eigenvalue weighted by molar-refractivity contribution is -0.137. The molecule has 0 amide bonds. The van der Waals surface area contributed by atoms with E-state index in [9.17, 15) is 18.0 Å². The zero-order chi connectivity index (χ0) is 14.8. The Morgan fingerprint density at radius 2 is 1.70 bits per heavy atom. The number of hydrogen-bond donors (Lipinski definition) is 0. The van der Waals surface area contributed by atoms with Crippen molar-refractivity contribution >= 4 is 17.4 Å². The zero-order valence-electron chi connectivity index (χ0n) is 10.2. The third-order valence-corrected chi connectivity index (χ3v) is 3.04. The number of hydrogen-bond acceptors (Lipinski definition) is 1. The highest BCUT2D eigenvalue weighted by atomic mass is 35.5. The Morgan fingerprint density at radius 1 is 1.05 bits per heavy atom. The van der Waals surface area contributed by atoms with Gasteiger partial charge >= 0.3 is 6.18 Å². The highest BCUT2D eigenvalue weighted by Crippen LogP contribution is 2.29. The molecule has 1 nitrogen and oxygen atoms in total. The fraction of sp³-hybridized carbons (Fsp3) is 0.133. The van der Waals surface area contributed by atoms with Gasteiger partial charge in [0.15, 0.2) is 5.78 Å². The minimum absolute atomic E-state index is 0.0402. The fourth-order valence-corrected chi connectivity index (χ4v) is 1.88. The lowest BCUT2D eigenvalue weighted by atomic mass is 10.0. The Balaban J connectivity index is 2.19. The summed E-state index contributed by atoms with van der Waals surface area (Å²) in [5.41, 5.74) is -0.0638. The van der Waals surface area contributed by atoms with Gasteiger partial charge in [0.2, 0.25) is 0 Å². The summed E-state index contributed by atoms with van der Waals surface area (Å²) < 4.78 is 37.7. The van der Waals surface area contributed by atoms with Crippen LogP contribution in [0.5, 0.6) is 0 Å². The minimum Gasteiger partial charge on any atom is -0.294 e. The molecule has 0 N–H and O–H groups in total. The summed E-state index contributed by atoms with van der Waals surface area (Å²) in [6.45, 7) is 0. The first kappa shape index (κ1) is 14.6. The van der Waals surface area contributed by atoms with Crippen LogP contribution in [0.3, 0.4) is 0 Å². The van der Waals surface area contributed by atoms with Crippen LogP contribution in [-0.2, 0) is 12.6 Å². The summed E-state index contributed by atoms with van der Waals surface area (Å²) in [5.74, 6) is -0.363. The molecule has 0 fully saturated rings. The Morgan fingerprint density at radius 3 is 2.30 bits per heavy atom. The maximum atomic E-state index is 12.6. The van der Waals surface area contributed by atoms with Gasteiger partial charge in [0, 0.05) is 17.0 Å². The second-order valence-corrected chi connectivity index (χ2v) is 4.74. The first-order valence-corrected chi connectivity index (χ1v) is 6.19. The van der Waals surface area contributed by atoms with Crippen molar-refractivity contribution in [3.05, 3.63) is 70.2 Å². The van der Waals surface area contributed by atoms with Crippen molar-refractivity contribution in [3.8, 4) is 0 Å². The Hall–Kier alpha value is -1.81. The first-order chi connectivity index (χ1) is 9.36. The third kappa shape index (κ3) is 3.61. The normalized spacial score (nSPS) is 11.4. The minimum atomic E-state index is -4.45. The van der Waals surface area contributed by atoms with Gasteiger partial charge in [-0.1, -0.05) is 35.9 Å². The number of carbonyl (C=O) groups excluding carboxylic acids is 1. The molecule has 0 spiro atoms. The fourth-order valence-electron chi connectivity index (χ4n) is 1.76. The molecule has 0 aliphatic carbocycles. The van der Waals surface area contributed by atoms with Gasteiger partial charge < -0.3 is 0 Å². The van der Waals surface area contributed by atoms with Gasteiger partial charge in [0.25, 0.3) is 0 Å².